The van der Waals surface area contributed by atoms with E-state index in [0.29, 0.717) is 38.3 Å². The van der Waals surface area contributed by atoms with Gasteiger partial charge in [0.2, 0.25) is 0 Å². The highest BCUT2D eigenvalue weighted by molar-refractivity contribution is 7.89. The zero-order chi connectivity index (χ0) is 39.2. The Kier molecular flexibility index (Phi) is 21.4. The summed E-state index contributed by atoms with van der Waals surface area (Å²) in [7, 11) is 2.19. The second-order valence-corrected chi connectivity index (χ2v) is 16.3. The van der Waals surface area contributed by atoms with Gasteiger partial charge in [0.15, 0.2) is 0 Å². The number of benzene rings is 3. The van der Waals surface area contributed by atoms with Crippen LogP contribution in [0, 0.1) is 11.3 Å². The van der Waals surface area contributed by atoms with E-state index in [1.54, 1.807) is 14.2 Å². The van der Waals surface area contributed by atoms with Crippen molar-refractivity contribution in [2.24, 2.45) is 0 Å². The number of hydrogen-bond acceptors (Lipinski definition) is 9. The van der Waals surface area contributed by atoms with Crippen molar-refractivity contribution in [3.8, 4) is 17.6 Å². The number of unbranched alkanes of at least 4 members (excludes halogenated alkanes) is 6. The van der Waals surface area contributed by atoms with Gasteiger partial charge in [-0.25, -0.2) is 4.67 Å². The number of rotatable bonds is 28. The lowest BCUT2D eigenvalue weighted by atomic mass is 9.80. The molecule has 294 valence electrons. The van der Waals surface area contributed by atoms with E-state index in [1.807, 2.05) is 30.3 Å². The Bertz CT molecular complexity index is 1490. The smallest absolute Gasteiger partial charge is 0.259 e. The summed E-state index contributed by atoms with van der Waals surface area (Å²) in [6.07, 6.45) is 10.4. The van der Waals surface area contributed by atoms with Crippen LogP contribution in [0.4, 0.5) is 0 Å². The van der Waals surface area contributed by atoms with Crippen LogP contribution in [0.1, 0.15) is 115 Å². The topological polar surface area (TPSA) is 73.2 Å². The molecule has 0 bridgehead atoms. The maximum atomic E-state index is 8.92. The van der Waals surface area contributed by atoms with Gasteiger partial charge in [-0.1, -0.05) is 105 Å². The van der Waals surface area contributed by atoms with Crippen molar-refractivity contribution in [2.45, 2.75) is 116 Å². The summed E-state index contributed by atoms with van der Waals surface area (Å²) in [5.41, 5.74) is 2.36. The van der Waals surface area contributed by atoms with Crippen LogP contribution >= 0.6 is 33.0 Å². The second kappa shape index (κ2) is 25.4. The maximum absolute atomic E-state index is 8.92. The van der Waals surface area contributed by atoms with Gasteiger partial charge in [-0.2, -0.15) is 5.26 Å². The summed E-state index contributed by atoms with van der Waals surface area (Å²) in [6, 6.07) is 29.5. The first-order valence-electron chi connectivity index (χ1n) is 19.4. The van der Waals surface area contributed by atoms with E-state index < -0.39 is 14.1 Å². The maximum Gasteiger partial charge on any atom is 0.259 e. The van der Waals surface area contributed by atoms with Gasteiger partial charge in [0, 0.05) is 28.4 Å². The van der Waals surface area contributed by atoms with E-state index >= 15 is 0 Å². The minimum atomic E-state index is -1.18. The van der Waals surface area contributed by atoms with Crippen molar-refractivity contribution in [2.75, 3.05) is 34.0 Å². The van der Waals surface area contributed by atoms with E-state index in [4.69, 9.17) is 53.0 Å². The quantitative estimate of drug-likeness (QED) is 0.0309. The normalized spacial score (nSPS) is 12.2. The summed E-state index contributed by atoms with van der Waals surface area (Å²) in [4.78, 5) is 1.88. The van der Waals surface area contributed by atoms with Crippen molar-refractivity contribution >= 4 is 42.7 Å². The Morgan fingerprint density at radius 3 is 1.54 bits per heavy atom. The Morgan fingerprint density at radius 1 is 0.630 bits per heavy atom. The van der Waals surface area contributed by atoms with Crippen molar-refractivity contribution in [3.05, 3.63) is 95.6 Å². The zero-order valence-corrected chi connectivity index (χ0v) is 35.8. The fourth-order valence-electron chi connectivity index (χ4n) is 6.52. The van der Waals surface area contributed by atoms with Crippen LogP contribution in [0.15, 0.2) is 78.9 Å². The minimum Gasteiger partial charge on any atom is -0.497 e. The van der Waals surface area contributed by atoms with Crippen LogP contribution in [0.5, 0.6) is 11.5 Å². The summed E-state index contributed by atoms with van der Waals surface area (Å²) in [6.45, 7) is 10.3. The van der Waals surface area contributed by atoms with Crippen LogP contribution in [0.25, 0.3) is 0 Å². The highest BCUT2D eigenvalue weighted by Crippen LogP contribution is 2.46. The molecule has 0 N–H and O–H groups in total. The molecule has 0 amide bonds. The second-order valence-electron chi connectivity index (χ2n) is 13.9. The third-order valence-corrected chi connectivity index (χ3v) is 12.4. The first kappa shape index (κ1) is 45.6. The van der Waals surface area contributed by atoms with Crippen LogP contribution in [-0.4, -0.2) is 60.5 Å². The van der Waals surface area contributed by atoms with Crippen LogP contribution in [0.2, 0.25) is 0 Å². The molecule has 7 nitrogen and oxygen atoms in total. The van der Waals surface area contributed by atoms with Crippen molar-refractivity contribution < 1.29 is 23.3 Å². The Hall–Kier alpha value is -2.80. The minimum absolute atomic E-state index is 0.304. The molecule has 0 radical (unpaired) electrons. The molecule has 0 fully saturated rings. The lowest BCUT2D eigenvalue weighted by Crippen LogP contribution is -2.33. The van der Waals surface area contributed by atoms with Gasteiger partial charge in [-0.05, 0) is 107 Å². The molecule has 0 aromatic heterocycles. The third kappa shape index (κ3) is 14.4. The van der Waals surface area contributed by atoms with Gasteiger partial charge in [-0.15, -0.1) is 0 Å². The number of hydrogen-bond donors (Lipinski definition) is 0. The first-order valence-corrected chi connectivity index (χ1v) is 21.4. The number of methoxy groups -OCH3 is 2. The lowest BCUT2D eigenvalue weighted by Gasteiger charge is -2.36. The van der Waals surface area contributed by atoms with Crippen LogP contribution in [-0.2, 0) is 19.4 Å². The van der Waals surface area contributed by atoms with Gasteiger partial charge in [0.05, 0.1) is 39.9 Å². The number of ether oxygens (including phenoxy) is 3. The molecule has 54 heavy (non-hydrogen) atoms. The van der Waals surface area contributed by atoms with Crippen molar-refractivity contribution in [3.63, 3.8) is 0 Å². The number of nitriles is 1. The van der Waals surface area contributed by atoms with Crippen molar-refractivity contribution in [1.29, 1.82) is 5.26 Å². The average Bonchev–Trinajstić information content (AvgIpc) is 3.18. The molecule has 0 aliphatic carbocycles. The third-order valence-electron chi connectivity index (χ3n) is 9.26. The molecule has 0 aliphatic heterocycles. The monoisotopic (exact) mass is 792 g/mol. The molecule has 0 spiro atoms. The van der Waals surface area contributed by atoms with Gasteiger partial charge >= 0.3 is 0 Å². The molecule has 1 unspecified atom stereocenters. The van der Waals surface area contributed by atoms with Gasteiger partial charge in [0.1, 0.15) is 17.1 Å². The Labute approximate surface area is 337 Å². The molecule has 3 aromatic carbocycles. The molecule has 0 saturated heterocycles. The molecule has 10 heteroatoms. The summed E-state index contributed by atoms with van der Waals surface area (Å²) in [5.74, 6) is 1.61. The predicted molar refractivity (Wildman–Crippen MR) is 231 cm³/mol. The van der Waals surface area contributed by atoms with Crippen LogP contribution < -0.4 is 9.47 Å². The molecular formula is C44H61N2O5PS2. The molecular weight excluding hydrogens is 732 g/mol. The van der Waals surface area contributed by atoms with Crippen molar-refractivity contribution in [1.82, 2.24) is 4.67 Å². The first-order chi connectivity index (χ1) is 26.2. The van der Waals surface area contributed by atoms with Gasteiger partial charge in [-0.3, -0.25) is 0 Å². The molecule has 0 aliphatic rings. The number of thiocarbonyl (C=S) groups is 2. The molecule has 0 heterocycles. The van der Waals surface area contributed by atoms with E-state index in [0.717, 1.165) is 102 Å². The van der Waals surface area contributed by atoms with Gasteiger partial charge < -0.3 is 23.3 Å². The highest BCUT2D eigenvalue weighted by Gasteiger charge is 2.37. The van der Waals surface area contributed by atoms with E-state index in [9.17, 15) is 0 Å². The van der Waals surface area contributed by atoms with E-state index in [1.165, 1.54) is 0 Å². The molecule has 1 atom stereocenters. The van der Waals surface area contributed by atoms with Crippen LogP contribution in [0.3, 0.4) is 0 Å². The predicted octanol–water partition coefficient (Wildman–Crippen LogP) is 11.9. The van der Waals surface area contributed by atoms with E-state index in [2.05, 4.69) is 87.0 Å². The highest BCUT2D eigenvalue weighted by atomic mass is 32.1. The van der Waals surface area contributed by atoms with Gasteiger partial charge in [0.25, 0.3) is 8.53 Å². The lowest BCUT2D eigenvalue weighted by molar-refractivity contribution is 0.0106. The Morgan fingerprint density at radius 2 is 1.07 bits per heavy atom. The Balaban J connectivity index is 1.42. The fraction of sp³-hybridized carbons (Fsp3) is 0.523. The summed E-state index contributed by atoms with van der Waals surface area (Å²) in [5, 5.41) is 8.92. The summed E-state index contributed by atoms with van der Waals surface area (Å²) >= 11 is 11.5. The van der Waals surface area contributed by atoms with E-state index in [-0.39, 0.29) is 0 Å². The molecule has 0 saturated carbocycles. The zero-order valence-electron chi connectivity index (χ0n) is 33.3. The molecule has 3 aromatic rings. The summed E-state index contributed by atoms with van der Waals surface area (Å²) < 4.78 is 32.4. The largest absolute Gasteiger partial charge is 0.497 e. The molecule has 3 rings (SSSR count). The fourth-order valence-corrected chi connectivity index (χ4v) is 8.64. The SMILES string of the molecule is COc1ccc(C(OCCCCCCC(=S)C(=S)CCCCCCOP(OCCC#N)N(C(C)C)C(C)C)(c2ccccc2)c2ccc(OC)cc2)cc1. The average molecular weight is 793 g/mol. The number of nitrogens with zero attached hydrogens (tertiary/aromatic N) is 2. The standard InChI is InChI=1S/C44H61N2O5PS2/c1-35(2)46(36(3)4)52(51-34-18-31-45)50-33-17-10-8-15-22-43(54)42(53)21-14-7-9-16-32-49-44(37-19-12-11-13-20-37,38-23-27-40(47-5)28-24-38)39-25-29-41(48-6)30-26-39/h11-13,19-20,23-30,35-36H,7-10,14-18,21-22,32-34H2,1-6H3.